The molecule has 1 amide bonds. The van der Waals surface area contributed by atoms with Crippen LogP contribution in [0.4, 0.5) is 4.39 Å². The van der Waals surface area contributed by atoms with Gasteiger partial charge in [-0.3, -0.25) is 14.2 Å². The Kier molecular flexibility index (Phi) is 7.00. The zero-order valence-electron chi connectivity index (χ0n) is 21.6. The maximum absolute atomic E-state index is 14.5. The molecule has 0 radical (unpaired) electrons. The van der Waals surface area contributed by atoms with Gasteiger partial charge >= 0.3 is 0 Å². The number of hydrogen-bond acceptors (Lipinski definition) is 6. The Hall–Kier alpha value is -4.40. The van der Waals surface area contributed by atoms with Gasteiger partial charge in [0.05, 0.1) is 36.8 Å². The van der Waals surface area contributed by atoms with Crippen molar-refractivity contribution in [1.29, 1.82) is 0 Å². The number of imidazole rings is 1. The molecule has 9 heteroatoms. The van der Waals surface area contributed by atoms with Gasteiger partial charge in [-0.2, -0.15) is 4.39 Å². The molecule has 4 aromatic rings. The van der Waals surface area contributed by atoms with Gasteiger partial charge in [-0.1, -0.05) is 12.6 Å². The minimum Gasteiger partial charge on any atom is -0.494 e. The minimum atomic E-state index is -0.562. The molecule has 1 saturated heterocycles. The topological polar surface area (TPSA) is 78.2 Å². The zero-order valence-corrected chi connectivity index (χ0v) is 21.6. The Morgan fingerprint density at radius 3 is 2.63 bits per heavy atom. The van der Waals surface area contributed by atoms with Gasteiger partial charge in [0.2, 0.25) is 17.6 Å². The van der Waals surface area contributed by atoms with Crippen molar-refractivity contribution >= 4 is 11.4 Å². The molecule has 5 rings (SSSR count). The molecule has 0 bridgehead atoms. The van der Waals surface area contributed by atoms with E-state index in [1.54, 1.807) is 41.6 Å². The third kappa shape index (κ3) is 4.79. The van der Waals surface area contributed by atoms with Crippen molar-refractivity contribution in [3.8, 4) is 34.4 Å². The molecule has 0 spiro atoms. The van der Waals surface area contributed by atoms with Gasteiger partial charge in [0.1, 0.15) is 11.6 Å². The SMILES string of the molecule is C=CC(=O)N1CCC(c2nc(-c3ccc(Oc4cccc(OC)c4F)cc3)c3cncc(OC(C)C)n23)C1. The number of rotatable bonds is 8. The Bertz CT molecular complexity index is 1480. The molecule has 1 unspecified atom stereocenters. The Morgan fingerprint density at radius 2 is 1.92 bits per heavy atom. The average molecular weight is 517 g/mol. The number of benzene rings is 2. The van der Waals surface area contributed by atoms with Crippen LogP contribution >= 0.6 is 0 Å². The summed E-state index contributed by atoms with van der Waals surface area (Å²) in [4.78, 5) is 23.4. The van der Waals surface area contributed by atoms with Crippen LogP contribution in [-0.2, 0) is 4.79 Å². The summed E-state index contributed by atoms with van der Waals surface area (Å²) < 4.78 is 33.4. The monoisotopic (exact) mass is 516 g/mol. The molecule has 0 saturated carbocycles. The Labute approximate surface area is 220 Å². The number of fused-ring (bicyclic) bond motifs is 1. The van der Waals surface area contributed by atoms with Crippen molar-refractivity contribution < 1.29 is 23.4 Å². The molecular weight excluding hydrogens is 487 g/mol. The fourth-order valence-electron chi connectivity index (χ4n) is 4.68. The summed E-state index contributed by atoms with van der Waals surface area (Å²) in [5.41, 5.74) is 2.36. The fraction of sp³-hybridized carbons (Fsp3) is 0.276. The van der Waals surface area contributed by atoms with Crippen LogP contribution in [0.3, 0.4) is 0 Å². The minimum absolute atomic E-state index is 0.0238. The molecule has 1 aliphatic rings. The van der Waals surface area contributed by atoms with Crippen molar-refractivity contribution in [3.63, 3.8) is 0 Å². The van der Waals surface area contributed by atoms with Crippen molar-refractivity contribution in [3.05, 3.63) is 79.2 Å². The molecule has 2 aromatic heterocycles. The van der Waals surface area contributed by atoms with Crippen LogP contribution in [0.1, 0.15) is 32.0 Å². The van der Waals surface area contributed by atoms with Crippen LogP contribution in [0.25, 0.3) is 16.8 Å². The van der Waals surface area contributed by atoms with Crippen molar-refractivity contribution in [2.24, 2.45) is 0 Å². The fourth-order valence-corrected chi connectivity index (χ4v) is 4.68. The summed E-state index contributed by atoms with van der Waals surface area (Å²) in [6, 6.07) is 12.0. The first-order valence-electron chi connectivity index (χ1n) is 12.4. The lowest BCUT2D eigenvalue weighted by atomic mass is 10.1. The molecule has 1 aliphatic heterocycles. The first-order chi connectivity index (χ1) is 18.4. The molecule has 2 aromatic carbocycles. The summed E-state index contributed by atoms with van der Waals surface area (Å²) in [7, 11) is 1.41. The average Bonchev–Trinajstić information content (AvgIpc) is 3.56. The third-order valence-electron chi connectivity index (χ3n) is 6.44. The van der Waals surface area contributed by atoms with Crippen LogP contribution < -0.4 is 14.2 Å². The number of amides is 1. The number of carbonyl (C=O) groups excluding carboxylic acids is 1. The van der Waals surface area contributed by atoms with Gasteiger partial charge in [0, 0.05) is 24.6 Å². The normalized spacial score (nSPS) is 15.2. The van der Waals surface area contributed by atoms with E-state index in [9.17, 15) is 9.18 Å². The van der Waals surface area contributed by atoms with Gasteiger partial charge in [0.25, 0.3) is 0 Å². The number of hydrogen-bond donors (Lipinski definition) is 0. The lowest BCUT2D eigenvalue weighted by Crippen LogP contribution is -2.26. The number of nitrogens with zero attached hydrogens (tertiary/aromatic N) is 4. The molecule has 3 heterocycles. The van der Waals surface area contributed by atoms with Gasteiger partial charge in [-0.05, 0) is 62.7 Å². The first-order valence-corrected chi connectivity index (χ1v) is 12.4. The molecule has 8 nitrogen and oxygen atoms in total. The van der Waals surface area contributed by atoms with E-state index in [4.69, 9.17) is 19.2 Å². The predicted octanol–water partition coefficient (Wildman–Crippen LogP) is 5.63. The van der Waals surface area contributed by atoms with Gasteiger partial charge in [-0.15, -0.1) is 0 Å². The van der Waals surface area contributed by atoms with E-state index in [1.165, 1.54) is 19.3 Å². The number of aromatic nitrogens is 3. The smallest absolute Gasteiger partial charge is 0.245 e. The molecule has 0 N–H and O–H groups in total. The van der Waals surface area contributed by atoms with Crippen LogP contribution in [0, 0.1) is 5.82 Å². The standard InChI is InChI=1S/C29H29FN4O4/c1-5-25(35)33-14-13-20(17-33)29-32-28(22-15-31-16-26(34(22)29)37-18(2)3)19-9-11-21(12-10-19)38-24-8-6-7-23(36-4)27(24)30/h5-12,15-16,18,20H,1,13-14,17H2,2-4H3. The van der Waals surface area contributed by atoms with E-state index in [1.807, 2.05) is 30.4 Å². The zero-order chi connectivity index (χ0) is 26.8. The van der Waals surface area contributed by atoms with E-state index >= 15 is 0 Å². The highest BCUT2D eigenvalue weighted by Gasteiger charge is 2.31. The van der Waals surface area contributed by atoms with Crippen molar-refractivity contribution in [2.45, 2.75) is 32.3 Å². The number of likely N-dealkylation sites (tertiary alicyclic amines) is 1. The second-order valence-electron chi connectivity index (χ2n) is 9.32. The highest BCUT2D eigenvalue weighted by atomic mass is 19.1. The third-order valence-corrected chi connectivity index (χ3v) is 6.44. The molecule has 1 fully saturated rings. The molecular formula is C29H29FN4O4. The Morgan fingerprint density at radius 1 is 1.16 bits per heavy atom. The predicted molar refractivity (Wildman–Crippen MR) is 141 cm³/mol. The summed E-state index contributed by atoms with van der Waals surface area (Å²) in [6.07, 6.45) is 5.51. The molecule has 1 atom stereocenters. The number of methoxy groups -OCH3 is 1. The lowest BCUT2D eigenvalue weighted by molar-refractivity contribution is -0.125. The van der Waals surface area contributed by atoms with Gasteiger partial charge in [-0.25, -0.2) is 4.98 Å². The lowest BCUT2D eigenvalue weighted by Gasteiger charge is -2.16. The second kappa shape index (κ2) is 10.5. The highest BCUT2D eigenvalue weighted by molar-refractivity contribution is 5.87. The number of halogens is 1. The first kappa shape index (κ1) is 25.3. The summed E-state index contributed by atoms with van der Waals surface area (Å²) in [5.74, 6) is 1.44. The molecule has 38 heavy (non-hydrogen) atoms. The summed E-state index contributed by atoms with van der Waals surface area (Å²) in [5, 5.41) is 0. The quantitative estimate of drug-likeness (QED) is 0.283. The van der Waals surface area contributed by atoms with Crippen molar-refractivity contribution in [2.75, 3.05) is 20.2 Å². The maximum atomic E-state index is 14.5. The van der Waals surface area contributed by atoms with E-state index in [0.29, 0.717) is 24.7 Å². The van der Waals surface area contributed by atoms with Gasteiger partial charge < -0.3 is 19.1 Å². The van der Waals surface area contributed by atoms with E-state index in [-0.39, 0.29) is 29.4 Å². The van der Waals surface area contributed by atoms with E-state index in [2.05, 4.69) is 11.6 Å². The Balaban J connectivity index is 1.51. The number of ether oxygens (including phenoxy) is 3. The van der Waals surface area contributed by atoms with Crippen LogP contribution in [0.2, 0.25) is 0 Å². The summed E-state index contributed by atoms with van der Waals surface area (Å²) >= 11 is 0. The van der Waals surface area contributed by atoms with Crippen LogP contribution in [0.15, 0.2) is 67.5 Å². The maximum Gasteiger partial charge on any atom is 0.245 e. The van der Waals surface area contributed by atoms with Crippen LogP contribution in [0.5, 0.6) is 23.1 Å². The van der Waals surface area contributed by atoms with E-state index < -0.39 is 5.82 Å². The van der Waals surface area contributed by atoms with Gasteiger partial charge in [0.15, 0.2) is 11.5 Å². The molecule has 0 aliphatic carbocycles. The molecule has 196 valence electrons. The van der Waals surface area contributed by atoms with Crippen molar-refractivity contribution in [1.82, 2.24) is 19.3 Å². The van der Waals surface area contributed by atoms with Crippen LogP contribution in [-0.4, -0.2) is 51.5 Å². The summed E-state index contributed by atoms with van der Waals surface area (Å²) in [6.45, 7) is 8.71. The second-order valence-corrected chi connectivity index (χ2v) is 9.32. The highest BCUT2D eigenvalue weighted by Crippen LogP contribution is 2.36. The van der Waals surface area contributed by atoms with E-state index in [0.717, 1.165) is 29.0 Å². The number of carbonyl (C=O) groups is 1. The largest absolute Gasteiger partial charge is 0.494 e.